The summed E-state index contributed by atoms with van der Waals surface area (Å²) < 4.78 is 0. The number of aliphatic hydroxyl groups excluding tert-OH is 1. The Labute approximate surface area is 167 Å². The van der Waals surface area contributed by atoms with Crippen molar-refractivity contribution in [3.63, 3.8) is 0 Å². The van der Waals surface area contributed by atoms with Crippen LogP contribution in [0.5, 0.6) is 0 Å². The number of carbonyl (C=O) groups is 2. The molecule has 1 atom stereocenters. The van der Waals surface area contributed by atoms with Crippen molar-refractivity contribution in [1.29, 1.82) is 0 Å². The molecule has 2 heterocycles. The monoisotopic (exact) mass is 404 g/mol. The number of likely N-dealkylation sites (tertiary alicyclic amines) is 1. The third-order valence-electron chi connectivity index (χ3n) is 4.46. The molecular weight excluding hydrogens is 384 g/mol. The number of thiophene rings is 1. The molecule has 1 unspecified atom stereocenters. The van der Waals surface area contributed by atoms with Crippen LogP contribution in [0.3, 0.4) is 0 Å². The van der Waals surface area contributed by atoms with E-state index in [-0.39, 0.29) is 11.3 Å². The van der Waals surface area contributed by atoms with Gasteiger partial charge in [0.05, 0.1) is 11.6 Å². The zero-order valence-corrected chi connectivity index (χ0v) is 16.8. The van der Waals surface area contributed by atoms with Gasteiger partial charge in [0.15, 0.2) is 0 Å². The van der Waals surface area contributed by atoms with Crippen molar-refractivity contribution < 1.29 is 14.7 Å². The van der Waals surface area contributed by atoms with Crippen LogP contribution in [0.1, 0.15) is 22.9 Å². The molecule has 3 rings (SSSR count). The SMILES string of the molecule is CN(C)CCCN1C(=O)C(=O)/C(=C(\O)c2cccc(Cl)c2)C1c1cccs1. The summed E-state index contributed by atoms with van der Waals surface area (Å²) in [5.74, 6) is -1.42. The summed E-state index contributed by atoms with van der Waals surface area (Å²) in [7, 11) is 3.92. The number of nitrogens with zero attached hydrogens (tertiary/aromatic N) is 2. The van der Waals surface area contributed by atoms with Crippen LogP contribution < -0.4 is 0 Å². The van der Waals surface area contributed by atoms with Crippen molar-refractivity contribution in [1.82, 2.24) is 9.80 Å². The van der Waals surface area contributed by atoms with Gasteiger partial charge in [0.25, 0.3) is 11.7 Å². The highest BCUT2D eigenvalue weighted by atomic mass is 35.5. The molecule has 1 fully saturated rings. The summed E-state index contributed by atoms with van der Waals surface area (Å²) in [5.41, 5.74) is 0.546. The van der Waals surface area contributed by atoms with Crippen molar-refractivity contribution >= 4 is 40.4 Å². The van der Waals surface area contributed by atoms with Crippen LogP contribution in [0.25, 0.3) is 5.76 Å². The zero-order chi connectivity index (χ0) is 19.6. The number of halogens is 1. The number of benzene rings is 1. The lowest BCUT2D eigenvalue weighted by atomic mass is 10.00. The Bertz CT molecular complexity index is 877. The van der Waals surface area contributed by atoms with E-state index in [2.05, 4.69) is 0 Å². The van der Waals surface area contributed by atoms with Gasteiger partial charge >= 0.3 is 0 Å². The van der Waals surface area contributed by atoms with Gasteiger partial charge in [-0.25, -0.2) is 0 Å². The molecule has 1 aliphatic rings. The topological polar surface area (TPSA) is 60.9 Å². The van der Waals surface area contributed by atoms with Gasteiger partial charge in [0, 0.05) is 22.0 Å². The predicted molar refractivity (Wildman–Crippen MR) is 108 cm³/mol. The summed E-state index contributed by atoms with van der Waals surface area (Å²) in [6.07, 6.45) is 0.735. The van der Waals surface area contributed by atoms with Gasteiger partial charge < -0.3 is 14.9 Å². The van der Waals surface area contributed by atoms with Crippen LogP contribution in [0.4, 0.5) is 0 Å². The number of ketones is 1. The lowest BCUT2D eigenvalue weighted by Crippen LogP contribution is -2.32. The molecule has 0 radical (unpaired) electrons. The Balaban J connectivity index is 2.04. The molecule has 142 valence electrons. The van der Waals surface area contributed by atoms with Crippen molar-refractivity contribution in [2.45, 2.75) is 12.5 Å². The number of Topliss-reactive ketones (excluding diaryl/α,β-unsaturated/α-hetero) is 1. The standard InChI is InChI=1S/C20H21ClN2O3S/c1-22(2)9-5-10-23-17(15-8-4-11-27-15)16(19(25)20(23)26)18(24)13-6-3-7-14(21)12-13/h3-4,6-8,11-12,17,24H,5,9-10H2,1-2H3/b18-16-. The fourth-order valence-corrected chi connectivity index (χ4v) is 4.24. The average Bonchev–Trinajstić information content (AvgIpc) is 3.23. The van der Waals surface area contributed by atoms with Crippen LogP contribution in [0, 0.1) is 0 Å². The van der Waals surface area contributed by atoms with Crippen molar-refractivity contribution in [3.05, 3.63) is 62.8 Å². The Morgan fingerprint density at radius 2 is 2.04 bits per heavy atom. The Hall–Kier alpha value is -2.15. The van der Waals surface area contributed by atoms with Gasteiger partial charge in [-0.3, -0.25) is 9.59 Å². The first-order valence-corrected chi connectivity index (χ1v) is 9.88. The quantitative estimate of drug-likeness (QED) is 0.452. The minimum absolute atomic E-state index is 0.120. The fourth-order valence-electron chi connectivity index (χ4n) is 3.20. The molecule has 0 bridgehead atoms. The molecule has 0 spiro atoms. The minimum atomic E-state index is -0.657. The van der Waals surface area contributed by atoms with E-state index in [1.54, 1.807) is 29.2 Å². The molecule has 1 aliphatic heterocycles. The lowest BCUT2D eigenvalue weighted by Gasteiger charge is -2.24. The second-order valence-electron chi connectivity index (χ2n) is 6.68. The smallest absolute Gasteiger partial charge is 0.295 e. The third-order valence-corrected chi connectivity index (χ3v) is 5.61. The lowest BCUT2D eigenvalue weighted by molar-refractivity contribution is -0.139. The van der Waals surface area contributed by atoms with E-state index in [1.165, 1.54) is 11.3 Å². The minimum Gasteiger partial charge on any atom is -0.507 e. The third kappa shape index (κ3) is 4.08. The van der Waals surface area contributed by atoms with E-state index in [1.807, 2.05) is 36.5 Å². The van der Waals surface area contributed by atoms with Gasteiger partial charge in [0.2, 0.25) is 0 Å². The Kier molecular flexibility index (Phi) is 5.99. The maximum absolute atomic E-state index is 12.8. The summed E-state index contributed by atoms with van der Waals surface area (Å²) in [6.45, 7) is 1.24. The summed E-state index contributed by atoms with van der Waals surface area (Å²) in [5, 5.41) is 13.2. The van der Waals surface area contributed by atoms with Gasteiger partial charge in [-0.15, -0.1) is 11.3 Å². The molecular formula is C20H21ClN2O3S. The molecule has 1 aromatic heterocycles. The van der Waals surface area contributed by atoms with E-state index in [0.29, 0.717) is 17.1 Å². The molecule has 1 N–H and O–H groups in total. The van der Waals surface area contributed by atoms with E-state index in [0.717, 1.165) is 17.8 Å². The number of carbonyl (C=O) groups excluding carboxylic acids is 2. The molecule has 0 saturated carbocycles. The predicted octanol–water partition coefficient (Wildman–Crippen LogP) is 3.77. The van der Waals surface area contributed by atoms with Gasteiger partial charge in [0.1, 0.15) is 5.76 Å². The normalized spacial score (nSPS) is 19.3. The second kappa shape index (κ2) is 8.25. The van der Waals surface area contributed by atoms with Crippen molar-refractivity contribution in [3.8, 4) is 0 Å². The van der Waals surface area contributed by atoms with Gasteiger partial charge in [-0.05, 0) is 50.6 Å². The molecule has 27 heavy (non-hydrogen) atoms. The van der Waals surface area contributed by atoms with Crippen LogP contribution >= 0.6 is 22.9 Å². The van der Waals surface area contributed by atoms with Crippen LogP contribution in [-0.2, 0) is 9.59 Å². The first-order chi connectivity index (χ1) is 12.9. The number of hydrogen-bond acceptors (Lipinski definition) is 5. The van der Waals surface area contributed by atoms with E-state index >= 15 is 0 Å². The molecule has 2 aromatic rings. The van der Waals surface area contributed by atoms with Crippen LogP contribution in [-0.4, -0.2) is 53.8 Å². The maximum Gasteiger partial charge on any atom is 0.295 e. The number of hydrogen-bond donors (Lipinski definition) is 1. The number of amides is 1. The van der Waals surface area contributed by atoms with Crippen LogP contribution in [0.15, 0.2) is 47.4 Å². The molecule has 0 aliphatic carbocycles. The molecule has 1 aromatic carbocycles. The van der Waals surface area contributed by atoms with Gasteiger partial charge in [-0.1, -0.05) is 29.8 Å². The fraction of sp³-hybridized carbons (Fsp3) is 0.300. The number of rotatable bonds is 6. The zero-order valence-electron chi connectivity index (χ0n) is 15.2. The Morgan fingerprint density at radius 1 is 1.26 bits per heavy atom. The first kappa shape index (κ1) is 19.6. The highest BCUT2D eigenvalue weighted by Crippen LogP contribution is 2.41. The Morgan fingerprint density at radius 3 is 2.67 bits per heavy atom. The molecule has 1 saturated heterocycles. The van der Waals surface area contributed by atoms with Crippen molar-refractivity contribution in [2.24, 2.45) is 0 Å². The molecule has 5 nitrogen and oxygen atoms in total. The number of aliphatic hydroxyl groups is 1. The summed E-state index contributed by atoms with van der Waals surface area (Å²) >= 11 is 7.48. The first-order valence-electron chi connectivity index (χ1n) is 8.62. The van der Waals surface area contributed by atoms with E-state index in [4.69, 9.17) is 11.6 Å². The highest BCUT2D eigenvalue weighted by Gasteiger charge is 2.46. The average molecular weight is 405 g/mol. The van der Waals surface area contributed by atoms with Crippen molar-refractivity contribution in [2.75, 3.05) is 27.2 Å². The molecule has 1 amide bonds. The van der Waals surface area contributed by atoms with E-state index < -0.39 is 17.7 Å². The van der Waals surface area contributed by atoms with Crippen LogP contribution in [0.2, 0.25) is 5.02 Å². The highest BCUT2D eigenvalue weighted by molar-refractivity contribution is 7.10. The summed E-state index contributed by atoms with van der Waals surface area (Å²) in [6, 6.07) is 9.82. The maximum atomic E-state index is 12.8. The van der Waals surface area contributed by atoms with E-state index in [9.17, 15) is 14.7 Å². The summed E-state index contributed by atoms with van der Waals surface area (Å²) in [4.78, 5) is 29.9. The molecule has 7 heteroatoms. The second-order valence-corrected chi connectivity index (χ2v) is 8.09. The van der Waals surface area contributed by atoms with Gasteiger partial charge in [-0.2, -0.15) is 0 Å². The largest absolute Gasteiger partial charge is 0.507 e.